The first-order valence-corrected chi connectivity index (χ1v) is 6.53. The summed E-state index contributed by atoms with van der Waals surface area (Å²) in [6, 6.07) is 0. The molecule has 0 bridgehead atoms. The molecule has 1 heterocycles. The number of aromatic nitrogens is 1. The van der Waals surface area contributed by atoms with E-state index in [1.54, 1.807) is 20.4 Å². The number of aliphatic hydroxyl groups excluding tert-OH is 1. The van der Waals surface area contributed by atoms with E-state index in [0.29, 0.717) is 12.8 Å². The van der Waals surface area contributed by atoms with E-state index in [0.717, 1.165) is 22.6 Å². The Kier molecular flexibility index (Phi) is 5.32. The van der Waals surface area contributed by atoms with Crippen molar-refractivity contribution in [2.45, 2.75) is 52.2 Å². The molecule has 0 saturated carbocycles. The van der Waals surface area contributed by atoms with Crippen molar-refractivity contribution in [2.24, 2.45) is 0 Å². The van der Waals surface area contributed by atoms with Crippen molar-refractivity contribution in [1.82, 2.24) is 4.98 Å². The third-order valence-corrected chi connectivity index (χ3v) is 3.46. The van der Waals surface area contributed by atoms with Gasteiger partial charge in [0, 0.05) is 43.0 Å². The van der Waals surface area contributed by atoms with E-state index in [2.05, 4.69) is 4.98 Å². The van der Waals surface area contributed by atoms with Crippen LogP contribution in [-0.2, 0) is 11.2 Å². The highest BCUT2D eigenvalue weighted by atomic mass is 16.5. The molecular formula is C15H25NO3. The van der Waals surface area contributed by atoms with Crippen LogP contribution >= 0.6 is 0 Å². The largest absolute Gasteiger partial charge is 0.496 e. The zero-order valence-corrected chi connectivity index (χ0v) is 12.8. The van der Waals surface area contributed by atoms with Gasteiger partial charge in [-0.15, -0.1) is 0 Å². The molecule has 0 aromatic carbocycles. The summed E-state index contributed by atoms with van der Waals surface area (Å²) >= 11 is 0. The normalized spacial score (nSPS) is 13.4. The second-order valence-corrected chi connectivity index (χ2v) is 5.57. The van der Waals surface area contributed by atoms with Crippen LogP contribution in [0, 0.1) is 13.8 Å². The van der Waals surface area contributed by atoms with Gasteiger partial charge in [0.05, 0.1) is 18.8 Å². The third kappa shape index (κ3) is 4.18. The van der Waals surface area contributed by atoms with Crippen molar-refractivity contribution in [1.29, 1.82) is 0 Å². The molecule has 0 spiro atoms. The molecule has 1 aromatic rings. The van der Waals surface area contributed by atoms with Gasteiger partial charge in [0.25, 0.3) is 0 Å². The van der Waals surface area contributed by atoms with E-state index in [-0.39, 0.29) is 5.60 Å². The van der Waals surface area contributed by atoms with Gasteiger partial charge in [0.2, 0.25) is 0 Å². The Hall–Kier alpha value is -1.13. The number of pyridine rings is 1. The van der Waals surface area contributed by atoms with Gasteiger partial charge in [-0.05, 0) is 27.7 Å². The number of rotatable bonds is 6. The van der Waals surface area contributed by atoms with Gasteiger partial charge in [-0.1, -0.05) is 0 Å². The van der Waals surface area contributed by atoms with Crippen LogP contribution in [0.1, 0.15) is 37.1 Å². The highest BCUT2D eigenvalue weighted by Gasteiger charge is 2.23. The van der Waals surface area contributed by atoms with Crippen molar-refractivity contribution in [3.05, 3.63) is 23.0 Å². The first-order valence-electron chi connectivity index (χ1n) is 6.53. The molecule has 4 heteroatoms. The van der Waals surface area contributed by atoms with Crippen molar-refractivity contribution in [3.8, 4) is 5.75 Å². The lowest BCUT2D eigenvalue weighted by atomic mass is 9.96. The number of nitrogens with zero attached hydrogens (tertiary/aromatic N) is 1. The molecule has 0 aliphatic carbocycles. The van der Waals surface area contributed by atoms with Crippen LogP contribution in [0.25, 0.3) is 0 Å². The molecule has 1 unspecified atom stereocenters. The first-order chi connectivity index (χ1) is 8.80. The highest BCUT2D eigenvalue weighted by molar-refractivity contribution is 5.41. The summed E-state index contributed by atoms with van der Waals surface area (Å²) < 4.78 is 10.7. The van der Waals surface area contributed by atoms with Crippen LogP contribution in [-0.4, -0.2) is 36.0 Å². The van der Waals surface area contributed by atoms with Gasteiger partial charge in [0.1, 0.15) is 5.75 Å². The number of aryl methyl sites for hydroxylation is 1. The Labute approximate surface area is 115 Å². The van der Waals surface area contributed by atoms with Crippen LogP contribution in [0.3, 0.4) is 0 Å². The minimum absolute atomic E-state index is 0.331. The average molecular weight is 267 g/mol. The van der Waals surface area contributed by atoms with Crippen molar-refractivity contribution < 1.29 is 14.6 Å². The summed E-state index contributed by atoms with van der Waals surface area (Å²) in [6.45, 7) is 7.87. The molecule has 0 radical (unpaired) electrons. The van der Waals surface area contributed by atoms with Gasteiger partial charge in [0.15, 0.2) is 0 Å². The maximum absolute atomic E-state index is 10.2. The molecule has 0 saturated heterocycles. The minimum Gasteiger partial charge on any atom is -0.496 e. The van der Waals surface area contributed by atoms with Crippen molar-refractivity contribution in [2.75, 3.05) is 14.2 Å². The maximum atomic E-state index is 10.2. The Morgan fingerprint density at radius 1 is 1.32 bits per heavy atom. The van der Waals surface area contributed by atoms with Crippen LogP contribution in [0.4, 0.5) is 0 Å². The molecule has 19 heavy (non-hydrogen) atoms. The number of ether oxygens (including phenoxy) is 2. The molecule has 4 nitrogen and oxygen atoms in total. The van der Waals surface area contributed by atoms with Crippen LogP contribution < -0.4 is 4.74 Å². The number of aliphatic hydroxyl groups is 1. The number of hydrogen-bond acceptors (Lipinski definition) is 4. The zero-order chi connectivity index (χ0) is 14.6. The van der Waals surface area contributed by atoms with Gasteiger partial charge in [-0.2, -0.15) is 0 Å². The molecule has 1 rings (SSSR count). The molecule has 0 amide bonds. The fourth-order valence-electron chi connectivity index (χ4n) is 2.22. The van der Waals surface area contributed by atoms with Crippen molar-refractivity contribution >= 4 is 0 Å². The van der Waals surface area contributed by atoms with E-state index < -0.39 is 6.10 Å². The quantitative estimate of drug-likeness (QED) is 0.860. The fraction of sp³-hybridized carbons (Fsp3) is 0.667. The summed E-state index contributed by atoms with van der Waals surface area (Å²) in [4.78, 5) is 4.40. The van der Waals surface area contributed by atoms with E-state index >= 15 is 0 Å². The third-order valence-electron chi connectivity index (χ3n) is 3.46. The van der Waals surface area contributed by atoms with E-state index in [1.165, 1.54) is 0 Å². The minimum atomic E-state index is -0.478. The average Bonchev–Trinajstić information content (AvgIpc) is 2.33. The van der Waals surface area contributed by atoms with Gasteiger partial charge >= 0.3 is 0 Å². The second-order valence-electron chi connectivity index (χ2n) is 5.57. The van der Waals surface area contributed by atoms with Crippen LogP contribution in [0.5, 0.6) is 5.75 Å². The fourth-order valence-corrected chi connectivity index (χ4v) is 2.22. The predicted molar refractivity (Wildman–Crippen MR) is 75.7 cm³/mol. The van der Waals surface area contributed by atoms with Gasteiger partial charge in [-0.3, -0.25) is 4.98 Å². The highest BCUT2D eigenvalue weighted by Crippen LogP contribution is 2.26. The Morgan fingerprint density at radius 2 is 1.95 bits per heavy atom. The lowest BCUT2D eigenvalue weighted by Gasteiger charge is -2.26. The first kappa shape index (κ1) is 15.9. The van der Waals surface area contributed by atoms with Gasteiger partial charge < -0.3 is 14.6 Å². The molecular weight excluding hydrogens is 242 g/mol. The monoisotopic (exact) mass is 267 g/mol. The molecule has 0 aliphatic heterocycles. The molecule has 1 aromatic heterocycles. The summed E-state index contributed by atoms with van der Waals surface area (Å²) in [5, 5.41) is 10.2. The number of methoxy groups -OCH3 is 2. The zero-order valence-electron chi connectivity index (χ0n) is 12.8. The standard InChI is InChI=1S/C15H25NO3/c1-10-9-16-13(11(2)14(10)18-5)7-12(17)8-15(3,4)19-6/h9,12,17H,7-8H2,1-6H3. The lowest BCUT2D eigenvalue weighted by molar-refractivity contribution is -0.0193. The predicted octanol–water partition coefficient (Wildman–Crippen LogP) is 2.43. The molecule has 1 atom stereocenters. The smallest absolute Gasteiger partial charge is 0.128 e. The molecule has 108 valence electrons. The Bertz CT molecular complexity index is 430. The van der Waals surface area contributed by atoms with E-state index in [1.807, 2.05) is 27.7 Å². The maximum Gasteiger partial charge on any atom is 0.128 e. The van der Waals surface area contributed by atoms with Crippen molar-refractivity contribution in [3.63, 3.8) is 0 Å². The topological polar surface area (TPSA) is 51.6 Å². The van der Waals surface area contributed by atoms with Gasteiger partial charge in [-0.25, -0.2) is 0 Å². The van der Waals surface area contributed by atoms with E-state index in [4.69, 9.17) is 9.47 Å². The van der Waals surface area contributed by atoms with Crippen LogP contribution in [0.2, 0.25) is 0 Å². The summed E-state index contributed by atoms with van der Waals surface area (Å²) in [5.41, 5.74) is 2.55. The second kappa shape index (κ2) is 6.35. The summed E-state index contributed by atoms with van der Waals surface area (Å²) in [5.74, 6) is 0.850. The molecule has 1 N–H and O–H groups in total. The van der Waals surface area contributed by atoms with Crippen LogP contribution in [0.15, 0.2) is 6.20 Å². The molecule has 0 fully saturated rings. The summed E-state index contributed by atoms with van der Waals surface area (Å²) in [6.07, 6.45) is 2.39. The van der Waals surface area contributed by atoms with E-state index in [9.17, 15) is 5.11 Å². The Morgan fingerprint density at radius 3 is 2.47 bits per heavy atom. The summed E-state index contributed by atoms with van der Waals surface area (Å²) in [7, 11) is 3.31. The number of hydrogen-bond donors (Lipinski definition) is 1. The lowest BCUT2D eigenvalue weighted by Crippen LogP contribution is -2.30. The molecule has 0 aliphatic rings. The SMILES string of the molecule is COc1c(C)cnc(CC(O)CC(C)(C)OC)c1C. The Balaban J connectivity index is 2.83.